The van der Waals surface area contributed by atoms with Crippen molar-refractivity contribution in [2.45, 2.75) is 134 Å². The Hall–Kier alpha value is -2.07. The Balaban J connectivity index is 1.30. The second kappa shape index (κ2) is 19.9. The van der Waals surface area contributed by atoms with Crippen molar-refractivity contribution in [1.82, 2.24) is 14.8 Å². The van der Waals surface area contributed by atoms with E-state index in [2.05, 4.69) is 82.4 Å². The zero-order valence-electron chi connectivity index (χ0n) is 24.0. The molecule has 0 N–H and O–H groups in total. The first-order valence-corrected chi connectivity index (χ1v) is 16.5. The van der Waals surface area contributed by atoms with Crippen LogP contribution in [-0.4, -0.2) is 14.8 Å². The minimum atomic E-state index is 0.846. The summed E-state index contributed by atoms with van der Waals surface area (Å²) in [5.41, 5.74) is 2.63. The second-order valence-electron chi connectivity index (χ2n) is 10.8. The molecule has 0 fully saturated rings. The van der Waals surface area contributed by atoms with Crippen molar-refractivity contribution in [3.05, 3.63) is 77.6 Å². The molecule has 0 aliphatic rings. The smallest absolute Gasteiger partial charge is 0.191 e. The number of hydrogen-bond acceptors (Lipinski definition) is 3. The summed E-state index contributed by atoms with van der Waals surface area (Å²) in [6.07, 6.45) is 23.2. The summed E-state index contributed by atoms with van der Waals surface area (Å²) in [5, 5.41) is 10.3. The number of unbranched alkanes of at least 4 members (excludes halogenated alkanes) is 15. The normalized spacial score (nSPS) is 11.3. The standard InChI is InChI=1S/C34H51N3S/c1-2-3-4-5-6-7-8-9-10-11-12-13-14-15-16-23-28-37-33(29-31-24-19-17-20-25-31)35-36-34(37)38-30-32-26-21-18-22-27-32/h17-22,24-27H,2-16,23,28-30H2,1H3. The van der Waals surface area contributed by atoms with Gasteiger partial charge in [-0.15, -0.1) is 10.2 Å². The molecule has 0 aliphatic carbocycles. The summed E-state index contributed by atoms with van der Waals surface area (Å²) in [4.78, 5) is 0. The minimum absolute atomic E-state index is 0.846. The van der Waals surface area contributed by atoms with Gasteiger partial charge in [0.05, 0.1) is 0 Å². The van der Waals surface area contributed by atoms with Crippen molar-refractivity contribution < 1.29 is 0 Å². The van der Waals surface area contributed by atoms with Gasteiger partial charge in [-0.1, -0.05) is 176 Å². The van der Waals surface area contributed by atoms with Crippen LogP contribution in [0.3, 0.4) is 0 Å². The number of hydrogen-bond donors (Lipinski definition) is 0. The molecule has 0 saturated carbocycles. The molecule has 1 aromatic heterocycles. The SMILES string of the molecule is CCCCCCCCCCCCCCCCCCn1c(Cc2ccccc2)nnc1SCc1ccccc1. The Labute approximate surface area is 237 Å². The van der Waals surface area contributed by atoms with E-state index >= 15 is 0 Å². The van der Waals surface area contributed by atoms with Gasteiger partial charge >= 0.3 is 0 Å². The van der Waals surface area contributed by atoms with Crippen molar-refractivity contribution >= 4 is 11.8 Å². The molecule has 0 bridgehead atoms. The van der Waals surface area contributed by atoms with Gasteiger partial charge < -0.3 is 4.57 Å². The van der Waals surface area contributed by atoms with Crippen molar-refractivity contribution in [1.29, 1.82) is 0 Å². The van der Waals surface area contributed by atoms with Gasteiger partial charge in [0.25, 0.3) is 0 Å². The van der Waals surface area contributed by atoms with Gasteiger partial charge in [0.2, 0.25) is 0 Å². The molecule has 0 aliphatic heterocycles. The molecular weight excluding hydrogens is 482 g/mol. The van der Waals surface area contributed by atoms with E-state index in [1.54, 1.807) is 0 Å². The van der Waals surface area contributed by atoms with E-state index in [0.29, 0.717) is 0 Å². The fourth-order valence-electron chi connectivity index (χ4n) is 5.10. The van der Waals surface area contributed by atoms with E-state index in [9.17, 15) is 0 Å². The van der Waals surface area contributed by atoms with E-state index in [1.165, 1.54) is 114 Å². The van der Waals surface area contributed by atoms with Crippen molar-refractivity contribution in [3.8, 4) is 0 Å². The molecule has 4 heteroatoms. The molecule has 38 heavy (non-hydrogen) atoms. The first kappa shape index (κ1) is 30.5. The third-order valence-corrected chi connectivity index (χ3v) is 8.48. The summed E-state index contributed by atoms with van der Waals surface area (Å²) in [7, 11) is 0. The minimum Gasteiger partial charge on any atom is -0.306 e. The zero-order chi connectivity index (χ0) is 26.5. The van der Waals surface area contributed by atoms with Crippen molar-refractivity contribution in [2.24, 2.45) is 0 Å². The van der Waals surface area contributed by atoms with Gasteiger partial charge in [0.1, 0.15) is 5.82 Å². The maximum atomic E-state index is 4.61. The molecule has 2 aromatic carbocycles. The number of nitrogens with zero attached hydrogens (tertiary/aromatic N) is 3. The highest BCUT2D eigenvalue weighted by Crippen LogP contribution is 2.24. The molecule has 0 radical (unpaired) electrons. The third kappa shape index (κ3) is 12.7. The lowest BCUT2D eigenvalue weighted by atomic mass is 10.0. The van der Waals surface area contributed by atoms with Crippen LogP contribution in [0.5, 0.6) is 0 Å². The fraction of sp³-hybridized carbons (Fsp3) is 0.588. The van der Waals surface area contributed by atoms with Gasteiger partial charge in [0.15, 0.2) is 5.16 Å². The van der Waals surface area contributed by atoms with E-state index in [4.69, 9.17) is 0 Å². The van der Waals surface area contributed by atoms with Gasteiger partial charge in [-0.05, 0) is 17.5 Å². The molecule has 0 amide bonds. The molecule has 1 heterocycles. The first-order valence-electron chi connectivity index (χ1n) is 15.5. The lowest BCUT2D eigenvalue weighted by Crippen LogP contribution is -2.06. The van der Waals surface area contributed by atoms with E-state index < -0.39 is 0 Å². The fourth-order valence-corrected chi connectivity index (χ4v) is 6.04. The van der Waals surface area contributed by atoms with Crippen LogP contribution in [0.25, 0.3) is 0 Å². The molecule has 3 rings (SSSR count). The molecule has 0 unspecified atom stereocenters. The van der Waals surface area contributed by atoms with Crippen LogP contribution >= 0.6 is 11.8 Å². The van der Waals surface area contributed by atoms with Gasteiger partial charge in [0, 0.05) is 18.7 Å². The number of rotatable bonds is 22. The van der Waals surface area contributed by atoms with Crippen LogP contribution in [0.4, 0.5) is 0 Å². The molecule has 0 spiro atoms. The van der Waals surface area contributed by atoms with Crippen LogP contribution in [0.2, 0.25) is 0 Å². The monoisotopic (exact) mass is 533 g/mol. The summed E-state index contributed by atoms with van der Waals surface area (Å²) in [5.74, 6) is 2.02. The quantitative estimate of drug-likeness (QED) is 0.0950. The largest absolute Gasteiger partial charge is 0.306 e. The predicted molar refractivity (Wildman–Crippen MR) is 165 cm³/mol. The lowest BCUT2D eigenvalue weighted by molar-refractivity contribution is 0.509. The Bertz CT molecular complexity index is 954. The summed E-state index contributed by atoms with van der Waals surface area (Å²) < 4.78 is 2.38. The van der Waals surface area contributed by atoms with E-state index in [-0.39, 0.29) is 0 Å². The van der Waals surface area contributed by atoms with E-state index in [1.807, 2.05) is 11.8 Å². The van der Waals surface area contributed by atoms with Crippen LogP contribution in [0.15, 0.2) is 65.8 Å². The molecule has 0 atom stereocenters. The van der Waals surface area contributed by atoms with Gasteiger partial charge in [-0.2, -0.15) is 0 Å². The first-order chi connectivity index (χ1) is 18.9. The van der Waals surface area contributed by atoms with Gasteiger partial charge in [-0.25, -0.2) is 0 Å². The highest BCUT2D eigenvalue weighted by Gasteiger charge is 2.13. The molecular formula is C34H51N3S. The van der Waals surface area contributed by atoms with Gasteiger partial charge in [-0.3, -0.25) is 0 Å². The molecule has 3 aromatic rings. The Morgan fingerprint density at radius 3 is 1.55 bits per heavy atom. The van der Waals surface area contributed by atoms with Crippen molar-refractivity contribution in [3.63, 3.8) is 0 Å². The zero-order valence-corrected chi connectivity index (χ0v) is 24.8. The highest BCUT2D eigenvalue weighted by molar-refractivity contribution is 7.98. The predicted octanol–water partition coefficient (Wildman–Crippen LogP) is 10.4. The maximum absolute atomic E-state index is 4.61. The number of aromatic nitrogens is 3. The average Bonchev–Trinajstić information content (AvgIpc) is 3.33. The van der Waals surface area contributed by atoms with Crippen LogP contribution < -0.4 is 0 Å². The summed E-state index contributed by atoms with van der Waals surface area (Å²) in [6.45, 7) is 3.32. The van der Waals surface area contributed by atoms with E-state index in [0.717, 1.165) is 29.7 Å². The van der Waals surface area contributed by atoms with Crippen LogP contribution in [0.1, 0.15) is 127 Å². The molecule has 208 valence electrons. The second-order valence-corrected chi connectivity index (χ2v) is 11.7. The number of thioether (sulfide) groups is 1. The topological polar surface area (TPSA) is 30.7 Å². The summed E-state index contributed by atoms with van der Waals surface area (Å²) in [6, 6.07) is 21.3. The van der Waals surface area contributed by atoms with Crippen LogP contribution in [0, 0.1) is 0 Å². The Kier molecular flexibility index (Phi) is 16.0. The van der Waals surface area contributed by atoms with Crippen LogP contribution in [-0.2, 0) is 18.7 Å². The molecule has 3 nitrogen and oxygen atoms in total. The highest BCUT2D eigenvalue weighted by atomic mass is 32.2. The van der Waals surface area contributed by atoms with Crippen molar-refractivity contribution in [2.75, 3.05) is 0 Å². The number of benzene rings is 2. The average molecular weight is 534 g/mol. The Morgan fingerprint density at radius 1 is 0.553 bits per heavy atom. The molecule has 0 saturated heterocycles. The third-order valence-electron chi connectivity index (χ3n) is 7.44. The Morgan fingerprint density at radius 2 is 1.03 bits per heavy atom. The lowest BCUT2D eigenvalue weighted by Gasteiger charge is -2.11. The summed E-state index contributed by atoms with van der Waals surface area (Å²) >= 11 is 1.81. The maximum Gasteiger partial charge on any atom is 0.191 e.